The quantitative estimate of drug-likeness (QED) is 0.455. The normalized spacial score (nSPS) is 36.6. The maximum Gasteiger partial charge on any atom is 0.332 e. The summed E-state index contributed by atoms with van der Waals surface area (Å²) in [5.41, 5.74) is -0.954. The minimum Gasteiger partial charge on any atom is -0.464 e. The zero-order chi connectivity index (χ0) is 14.0. The van der Waals surface area contributed by atoms with E-state index in [-0.39, 0.29) is 18.4 Å². The number of aliphatic hydroxyl groups excluding tert-OH is 1. The Morgan fingerprint density at radius 2 is 2.37 bits per heavy atom. The van der Waals surface area contributed by atoms with E-state index in [0.29, 0.717) is 19.4 Å². The van der Waals surface area contributed by atoms with E-state index in [2.05, 4.69) is 17.2 Å². The van der Waals surface area contributed by atoms with Crippen LogP contribution in [0.1, 0.15) is 19.8 Å². The SMILES string of the molecule is C=C[C@@H]1C[C@]1(NC(=O)[C@@H]1C[C@H](O)CN1)C(=O)OCC. The van der Waals surface area contributed by atoms with Gasteiger partial charge in [0.25, 0.3) is 0 Å². The van der Waals surface area contributed by atoms with E-state index >= 15 is 0 Å². The van der Waals surface area contributed by atoms with Crippen molar-refractivity contribution < 1.29 is 19.4 Å². The van der Waals surface area contributed by atoms with E-state index in [4.69, 9.17) is 4.74 Å². The largest absolute Gasteiger partial charge is 0.464 e. The Kier molecular flexibility index (Phi) is 3.91. The van der Waals surface area contributed by atoms with Gasteiger partial charge >= 0.3 is 5.97 Å². The molecule has 0 unspecified atom stereocenters. The first-order valence-corrected chi connectivity index (χ1v) is 6.56. The molecular weight excluding hydrogens is 248 g/mol. The summed E-state index contributed by atoms with van der Waals surface area (Å²) >= 11 is 0. The molecule has 1 heterocycles. The van der Waals surface area contributed by atoms with Crippen LogP contribution in [0.2, 0.25) is 0 Å². The highest BCUT2D eigenvalue weighted by Gasteiger charge is 2.61. The standard InChI is InChI=1S/C13H20N2O4/c1-3-8-6-13(8,12(18)19-4-2)15-11(17)10-5-9(16)7-14-10/h3,8-10,14,16H,1,4-7H2,2H3,(H,15,17)/t8-,9+,10+,13-/m1/s1. The molecule has 2 rings (SSSR count). The molecule has 1 saturated carbocycles. The lowest BCUT2D eigenvalue weighted by Gasteiger charge is -2.19. The summed E-state index contributed by atoms with van der Waals surface area (Å²) in [6.07, 6.45) is 2.04. The lowest BCUT2D eigenvalue weighted by Crippen LogP contribution is -2.51. The molecule has 0 bridgehead atoms. The molecule has 1 aliphatic heterocycles. The van der Waals surface area contributed by atoms with Crippen LogP contribution < -0.4 is 10.6 Å². The summed E-state index contributed by atoms with van der Waals surface area (Å²) < 4.78 is 5.01. The number of rotatable bonds is 5. The number of amides is 1. The van der Waals surface area contributed by atoms with Gasteiger partial charge in [-0.05, 0) is 19.8 Å². The monoisotopic (exact) mass is 268 g/mol. The van der Waals surface area contributed by atoms with E-state index in [9.17, 15) is 14.7 Å². The van der Waals surface area contributed by atoms with E-state index in [0.717, 1.165) is 0 Å². The van der Waals surface area contributed by atoms with E-state index in [1.165, 1.54) is 0 Å². The van der Waals surface area contributed by atoms with Gasteiger partial charge in [-0.3, -0.25) is 4.79 Å². The van der Waals surface area contributed by atoms with Crippen LogP contribution in [0.25, 0.3) is 0 Å². The number of aliphatic hydroxyl groups is 1. The Bertz CT molecular complexity index is 398. The minimum atomic E-state index is -0.954. The molecule has 19 heavy (non-hydrogen) atoms. The molecule has 1 aliphatic carbocycles. The molecule has 0 aromatic heterocycles. The molecule has 4 atom stereocenters. The van der Waals surface area contributed by atoms with Crippen LogP contribution in [0.3, 0.4) is 0 Å². The Morgan fingerprint density at radius 3 is 2.84 bits per heavy atom. The molecular formula is C13H20N2O4. The van der Waals surface area contributed by atoms with E-state index < -0.39 is 23.7 Å². The van der Waals surface area contributed by atoms with Gasteiger partial charge < -0.3 is 20.5 Å². The Labute approximate surface area is 112 Å². The minimum absolute atomic E-state index is 0.0816. The second-order valence-electron chi connectivity index (χ2n) is 5.08. The maximum atomic E-state index is 12.1. The van der Waals surface area contributed by atoms with Gasteiger partial charge in [-0.15, -0.1) is 6.58 Å². The van der Waals surface area contributed by atoms with Crippen LogP contribution in [0.4, 0.5) is 0 Å². The van der Waals surface area contributed by atoms with Crippen LogP contribution in [0, 0.1) is 5.92 Å². The number of hydrogen-bond acceptors (Lipinski definition) is 5. The summed E-state index contributed by atoms with van der Waals surface area (Å²) in [5, 5.41) is 15.1. The number of ether oxygens (including phenoxy) is 1. The second kappa shape index (κ2) is 5.30. The Hall–Kier alpha value is -1.40. The molecule has 0 spiro atoms. The van der Waals surface area contributed by atoms with Crippen molar-refractivity contribution in [3.05, 3.63) is 12.7 Å². The van der Waals surface area contributed by atoms with Gasteiger partial charge in [-0.1, -0.05) is 6.08 Å². The molecule has 1 amide bonds. The fourth-order valence-corrected chi connectivity index (χ4v) is 2.49. The van der Waals surface area contributed by atoms with Crippen molar-refractivity contribution in [3.63, 3.8) is 0 Å². The number of carbonyl (C=O) groups excluding carboxylic acids is 2. The van der Waals surface area contributed by atoms with Gasteiger partial charge in [0, 0.05) is 12.5 Å². The van der Waals surface area contributed by atoms with Crippen LogP contribution in [-0.4, -0.2) is 47.8 Å². The topological polar surface area (TPSA) is 87.7 Å². The molecule has 1 saturated heterocycles. The third-order valence-electron chi connectivity index (χ3n) is 3.71. The van der Waals surface area contributed by atoms with Crippen molar-refractivity contribution in [2.24, 2.45) is 5.92 Å². The zero-order valence-corrected chi connectivity index (χ0v) is 11.0. The lowest BCUT2D eigenvalue weighted by molar-refractivity contribution is -0.149. The predicted octanol–water partition coefficient (Wildman–Crippen LogP) is -0.667. The van der Waals surface area contributed by atoms with E-state index in [1.54, 1.807) is 13.0 Å². The van der Waals surface area contributed by atoms with Crippen LogP contribution in [0.15, 0.2) is 12.7 Å². The fourth-order valence-electron chi connectivity index (χ4n) is 2.49. The molecule has 0 aromatic carbocycles. The van der Waals surface area contributed by atoms with Crippen LogP contribution >= 0.6 is 0 Å². The van der Waals surface area contributed by atoms with Crippen LogP contribution in [0.5, 0.6) is 0 Å². The number of β-amino-alcohol motifs (C(OH)–C–C–N with tert-alkyl or cyclic N) is 1. The molecule has 3 N–H and O–H groups in total. The zero-order valence-electron chi connectivity index (χ0n) is 11.0. The van der Waals surface area contributed by atoms with Gasteiger partial charge in [0.2, 0.25) is 5.91 Å². The average molecular weight is 268 g/mol. The number of hydrogen-bond donors (Lipinski definition) is 3. The summed E-state index contributed by atoms with van der Waals surface area (Å²) in [6.45, 7) is 6.07. The van der Waals surface area contributed by atoms with Crippen molar-refractivity contribution >= 4 is 11.9 Å². The second-order valence-corrected chi connectivity index (χ2v) is 5.08. The van der Waals surface area contributed by atoms with Crippen LogP contribution in [-0.2, 0) is 14.3 Å². The third-order valence-corrected chi connectivity index (χ3v) is 3.71. The van der Waals surface area contributed by atoms with Crippen molar-refractivity contribution in [3.8, 4) is 0 Å². The Morgan fingerprint density at radius 1 is 1.63 bits per heavy atom. The van der Waals surface area contributed by atoms with Gasteiger partial charge in [-0.25, -0.2) is 4.79 Å². The molecule has 6 nitrogen and oxygen atoms in total. The van der Waals surface area contributed by atoms with Gasteiger partial charge in [0.15, 0.2) is 0 Å². The van der Waals surface area contributed by atoms with Crippen molar-refractivity contribution in [2.75, 3.05) is 13.2 Å². The summed E-state index contributed by atoms with van der Waals surface area (Å²) in [5.74, 6) is -0.762. The smallest absolute Gasteiger partial charge is 0.332 e. The molecule has 2 fully saturated rings. The average Bonchev–Trinajstić information content (AvgIpc) is 2.92. The molecule has 2 aliphatic rings. The summed E-state index contributed by atoms with van der Waals surface area (Å²) in [6, 6.07) is -0.452. The molecule has 0 radical (unpaired) electrons. The first-order chi connectivity index (χ1) is 9.03. The highest BCUT2D eigenvalue weighted by molar-refractivity contribution is 5.93. The maximum absolute atomic E-state index is 12.1. The number of esters is 1. The van der Waals surface area contributed by atoms with Gasteiger partial charge in [0.1, 0.15) is 5.54 Å². The van der Waals surface area contributed by atoms with Crippen molar-refractivity contribution in [2.45, 2.75) is 37.5 Å². The predicted molar refractivity (Wildman–Crippen MR) is 68.2 cm³/mol. The van der Waals surface area contributed by atoms with Crippen molar-refractivity contribution in [1.29, 1.82) is 0 Å². The van der Waals surface area contributed by atoms with Gasteiger partial charge in [0.05, 0.1) is 18.8 Å². The molecule has 106 valence electrons. The molecule has 6 heteroatoms. The molecule has 0 aromatic rings. The Balaban J connectivity index is 2.00. The van der Waals surface area contributed by atoms with Crippen molar-refractivity contribution in [1.82, 2.24) is 10.6 Å². The van der Waals surface area contributed by atoms with E-state index in [1.807, 2.05) is 0 Å². The summed E-state index contributed by atoms with van der Waals surface area (Å²) in [7, 11) is 0. The summed E-state index contributed by atoms with van der Waals surface area (Å²) in [4.78, 5) is 24.0. The fraction of sp³-hybridized carbons (Fsp3) is 0.692. The number of carbonyl (C=O) groups is 2. The lowest BCUT2D eigenvalue weighted by atomic mass is 10.1. The van der Waals surface area contributed by atoms with Gasteiger partial charge in [-0.2, -0.15) is 0 Å². The third kappa shape index (κ3) is 2.64. The highest BCUT2D eigenvalue weighted by atomic mass is 16.5. The number of nitrogens with one attached hydrogen (secondary N) is 2. The first kappa shape index (κ1) is 14.0. The first-order valence-electron chi connectivity index (χ1n) is 6.56. The highest BCUT2D eigenvalue weighted by Crippen LogP contribution is 2.45.